The maximum Gasteiger partial charge on any atom is 0.288 e. The second kappa shape index (κ2) is 7.50. The van der Waals surface area contributed by atoms with Gasteiger partial charge in [0, 0.05) is 24.8 Å². The quantitative estimate of drug-likeness (QED) is 0.790. The lowest BCUT2D eigenvalue weighted by molar-refractivity contribution is -0.119. The van der Waals surface area contributed by atoms with Gasteiger partial charge >= 0.3 is 0 Å². The molecule has 1 aromatic carbocycles. The van der Waals surface area contributed by atoms with E-state index in [9.17, 15) is 18.4 Å². The second-order valence-electron chi connectivity index (χ2n) is 4.31. The van der Waals surface area contributed by atoms with Crippen molar-refractivity contribution in [1.82, 2.24) is 10.3 Å². The van der Waals surface area contributed by atoms with E-state index in [-0.39, 0.29) is 24.8 Å². The molecule has 0 bridgehead atoms. The van der Waals surface area contributed by atoms with Crippen LogP contribution in [0.2, 0.25) is 0 Å². The predicted molar refractivity (Wildman–Crippen MR) is 83.4 cm³/mol. The molecular weight excluding hydrogens is 332 g/mol. The summed E-state index contributed by atoms with van der Waals surface area (Å²) in [4.78, 5) is 27.1. The number of hydrogen-bond donors (Lipinski definition) is 2. The predicted octanol–water partition coefficient (Wildman–Crippen LogP) is 3.08. The number of nitrogens with zero attached hydrogens (tertiary/aromatic N) is 1. The van der Waals surface area contributed by atoms with E-state index in [1.54, 1.807) is 18.2 Å². The Morgan fingerprint density at radius 1 is 1.41 bits per heavy atom. The van der Waals surface area contributed by atoms with Gasteiger partial charge in [0.15, 0.2) is 5.13 Å². The monoisotopic (exact) mass is 345 g/mol. The van der Waals surface area contributed by atoms with Crippen LogP contribution in [0.1, 0.15) is 13.3 Å². The third-order valence-corrected chi connectivity index (χ3v) is 4.20. The number of carbonyl (C=O) groups is 2. The van der Waals surface area contributed by atoms with Crippen LogP contribution in [0.25, 0.3) is 10.2 Å². The van der Waals surface area contributed by atoms with Gasteiger partial charge in [0.25, 0.3) is 5.76 Å². The Hall–Kier alpha value is -1.74. The van der Waals surface area contributed by atoms with Crippen molar-refractivity contribution in [2.24, 2.45) is 0 Å². The van der Waals surface area contributed by atoms with Crippen LogP contribution in [0.3, 0.4) is 0 Å². The second-order valence-corrected chi connectivity index (χ2v) is 6.40. The van der Waals surface area contributed by atoms with Gasteiger partial charge in [-0.3, -0.25) is 9.59 Å². The highest BCUT2D eigenvalue weighted by Crippen LogP contribution is 2.32. The van der Waals surface area contributed by atoms with Crippen LogP contribution in [0, 0.1) is 0 Å². The third kappa shape index (κ3) is 4.92. The molecule has 118 valence electrons. The average Bonchev–Trinajstić information content (AvgIpc) is 2.78. The minimum atomic E-state index is -2.47. The van der Waals surface area contributed by atoms with Gasteiger partial charge in [-0.15, -0.1) is 0 Å². The van der Waals surface area contributed by atoms with Crippen LogP contribution in [0.15, 0.2) is 23.1 Å². The van der Waals surface area contributed by atoms with Crippen molar-refractivity contribution in [1.29, 1.82) is 0 Å². The summed E-state index contributed by atoms with van der Waals surface area (Å²) >= 11 is 1.69. The zero-order chi connectivity index (χ0) is 16.1. The molecule has 2 aromatic rings. The fourth-order valence-corrected chi connectivity index (χ4v) is 3.20. The van der Waals surface area contributed by atoms with Crippen molar-refractivity contribution >= 4 is 50.3 Å². The number of hydrogen-bond acceptors (Lipinski definition) is 5. The zero-order valence-electron chi connectivity index (χ0n) is 11.6. The minimum Gasteiger partial charge on any atom is -0.356 e. The first-order valence-electron chi connectivity index (χ1n) is 6.34. The number of nitrogens with one attached hydrogen (secondary N) is 2. The molecule has 2 amide bonds. The number of thioether (sulfide) groups is 1. The Labute approximate surface area is 133 Å². The molecule has 0 fully saturated rings. The van der Waals surface area contributed by atoms with Gasteiger partial charge in [-0.2, -0.15) is 8.78 Å². The van der Waals surface area contributed by atoms with Crippen molar-refractivity contribution in [3.8, 4) is 0 Å². The first-order chi connectivity index (χ1) is 10.4. The summed E-state index contributed by atoms with van der Waals surface area (Å²) in [7, 11) is 0. The Morgan fingerprint density at radius 2 is 2.18 bits per heavy atom. The lowest BCUT2D eigenvalue weighted by Crippen LogP contribution is -2.25. The molecule has 0 aliphatic carbocycles. The van der Waals surface area contributed by atoms with Crippen molar-refractivity contribution in [2.45, 2.75) is 24.0 Å². The van der Waals surface area contributed by atoms with Crippen LogP contribution in [-0.2, 0) is 9.59 Å². The number of amides is 2. The number of rotatable bonds is 6. The zero-order valence-corrected chi connectivity index (χ0v) is 13.2. The smallest absolute Gasteiger partial charge is 0.288 e. The highest BCUT2D eigenvalue weighted by molar-refractivity contribution is 7.99. The highest BCUT2D eigenvalue weighted by atomic mass is 32.2. The summed E-state index contributed by atoms with van der Waals surface area (Å²) in [5.74, 6) is -2.94. The van der Waals surface area contributed by atoms with Crippen molar-refractivity contribution in [2.75, 3.05) is 11.9 Å². The van der Waals surface area contributed by atoms with Crippen molar-refractivity contribution in [3.63, 3.8) is 0 Å². The molecule has 0 atom stereocenters. The molecule has 0 spiro atoms. The number of aromatic nitrogens is 1. The summed E-state index contributed by atoms with van der Waals surface area (Å²) in [6.07, 6.45) is 0.141. The fraction of sp³-hybridized carbons (Fsp3) is 0.308. The molecule has 22 heavy (non-hydrogen) atoms. The van der Waals surface area contributed by atoms with E-state index in [1.807, 2.05) is 0 Å². The number of halogens is 2. The van der Waals surface area contributed by atoms with Gasteiger partial charge in [0.2, 0.25) is 11.8 Å². The Bertz CT molecular complexity index is 691. The molecule has 0 saturated heterocycles. The standard InChI is InChI=1S/C13H13F2N3O2S2/c1-7(19)16-5-4-11(20)18-13-17-9-3-2-8(21-12(14)15)6-10(9)22-13/h2-3,6,12H,4-5H2,1H3,(H,16,19)(H,17,18,20). The van der Waals surface area contributed by atoms with Gasteiger partial charge < -0.3 is 10.6 Å². The molecule has 5 nitrogen and oxygen atoms in total. The highest BCUT2D eigenvalue weighted by Gasteiger charge is 2.10. The van der Waals surface area contributed by atoms with Crippen LogP contribution >= 0.6 is 23.1 Å². The van der Waals surface area contributed by atoms with E-state index >= 15 is 0 Å². The van der Waals surface area contributed by atoms with Crippen LogP contribution in [-0.4, -0.2) is 29.1 Å². The molecule has 1 aromatic heterocycles. The molecule has 0 radical (unpaired) electrons. The van der Waals surface area contributed by atoms with E-state index in [4.69, 9.17) is 0 Å². The maximum atomic E-state index is 12.3. The Balaban J connectivity index is 2.00. The lowest BCUT2D eigenvalue weighted by atomic mass is 10.3. The van der Waals surface area contributed by atoms with Crippen molar-refractivity contribution in [3.05, 3.63) is 18.2 Å². The van der Waals surface area contributed by atoms with Crippen LogP contribution in [0.4, 0.5) is 13.9 Å². The van der Waals surface area contributed by atoms with Crippen LogP contribution in [0.5, 0.6) is 0 Å². The minimum absolute atomic E-state index is 0.141. The lowest BCUT2D eigenvalue weighted by Gasteiger charge is -2.01. The van der Waals surface area contributed by atoms with E-state index in [0.717, 1.165) is 4.70 Å². The van der Waals surface area contributed by atoms with Gasteiger partial charge in [0.1, 0.15) is 0 Å². The summed E-state index contributed by atoms with van der Waals surface area (Å²) in [5, 5.41) is 5.56. The summed E-state index contributed by atoms with van der Waals surface area (Å²) < 4.78 is 25.4. The van der Waals surface area contributed by atoms with Gasteiger partial charge in [-0.25, -0.2) is 4.98 Å². The van der Waals surface area contributed by atoms with Gasteiger partial charge in [0.05, 0.1) is 10.2 Å². The maximum absolute atomic E-state index is 12.3. The fourth-order valence-electron chi connectivity index (χ4n) is 1.67. The SMILES string of the molecule is CC(=O)NCCC(=O)Nc1nc2ccc(SC(F)F)cc2s1. The number of thiazole rings is 1. The normalized spacial score (nSPS) is 10.9. The molecule has 0 saturated carbocycles. The van der Waals surface area contributed by atoms with E-state index < -0.39 is 5.76 Å². The Morgan fingerprint density at radius 3 is 2.86 bits per heavy atom. The Kier molecular flexibility index (Phi) is 5.67. The molecule has 0 unspecified atom stereocenters. The number of carbonyl (C=O) groups excluding carboxylic acids is 2. The first kappa shape index (κ1) is 16.6. The van der Waals surface area contributed by atoms with Crippen molar-refractivity contribution < 1.29 is 18.4 Å². The number of fused-ring (bicyclic) bond motifs is 1. The van der Waals surface area contributed by atoms with Crippen LogP contribution < -0.4 is 10.6 Å². The van der Waals surface area contributed by atoms with E-state index in [1.165, 1.54) is 18.3 Å². The molecule has 0 aliphatic rings. The number of alkyl halides is 2. The summed E-state index contributed by atoms with van der Waals surface area (Å²) in [6.45, 7) is 1.63. The molecular formula is C13H13F2N3O2S2. The third-order valence-electron chi connectivity index (χ3n) is 2.56. The van der Waals surface area contributed by atoms with E-state index in [0.29, 0.717) is 27.3 Å². The summed E-state index contributed by atoms with van der Waals surface area (Å²) in [6, 6.07) is 4.83. The van der Waals surface area contributed by atoms with E-state index in [2.05, 4.69) is 15.6 Å². The first-order valence-corrected chi connectivity index (χ1v) is 8.03. The largest absolute Gasteiger partial charge is 0.356 e. The summed E-state index contributed by atoms with van der Waals surface area (Å²) in [5.41, 5.74) is 0.640. The molecule has 2 N–H and O–H groups in total. The molecule has 0 aliphatic heterocycles. The number of anilines is 1. The van der Waals surface area contributed by atoms with Gasteiger partial charge in [-0.05, 0) is 18.2 Å². The molecule has 9 heteroatoms. The number of benzene rings is 1. The molecule has 1 heterocycles. The molecule has 2 rings (SSSR count). The van der Waals surface area contributed by atoms with Gasteiger partial charge in [-0.1, -0.05) is 23.1 Å². The topological polar surface area (TPSA) is 71.1 Å². The average molecular weight is 345 g/mol.